The molecule has 1 aliphatic heterocycles. The van der Waals surface area contributed by atoms with E-state index in [1.807, 2.05) is 0 Å². The van der Waals surface area contributed by atoms with Crippen molar-refractivity contribution in [1.82, 2.24) is 5.32 Å². The van der Waals surface area contributed by atoms with Crippen LogP contribution in [-0.4, -0.2) is 28.0 Å². The van der Waals surface area contributed by atoms with Gasteiger partial charge in [-0.05, 0) is 49.6 Å². The molecule has 0 bridgehead atoms. The van der Waals surface area contributed by atoms with E-state index in [0.717, 1.165) is 5.56 Å². The zero-order valence-electron chi connectivity index (χ0n) is 8.48. The molecule has 1 saturated heterocycles. The Bertz CT molecular complexity index is 446. The average molecular weight is 383 g/mol. The predicted octanol–water partition coefficient (Wildman–Crippen LogP) is 2.71. The third-order valence-corrected chi connectivity index (χ3v) is 4.90. The molecule has 92 valence electrons. The molecule has 1 aromatic rings. The number of rotatable bonds is 2. The van der Waals surface area contributed by atoms with Crippen molar-refractivity contribution in [2.45, 2.75) is 11.4 Å². The Hall–Kier alpha value is -0.240. The Morgan fingerprint density at radius 1 is 1.41 bits per heavy atom. The molecule has 1 heterocycles. The van der Waals surface area contributed by atoms with Crippen LogP contribution in [0.25, 0.3) is 0 Å². The largest absolute Gasteiger partial charge is 0.506 e. The quantitative estimate of drug-likeness (QED) is 0.733. The summed E-state index contributed by atoms with van der Waals surface area (Å²) in [5, 5.41) is 21.5. The van der Waals surface area contributed by atoms with Crippen molar-refractivity contribution in [1.29, 1.82) is 0 Å². The van der Waals surface area contributed by atoms with Gasteiger partial charge in [0.05, 0.1) is 14.3 Å². The number of carbonyl (C=O) groups is 1. The van der Waals surface area contributed by atoms with Crippen LogP contribution in [0.5, 0.6) is 5.75 Å². The van der Waals surface area contributed by atoms with Gasteiger partial charge >= 0.3 is 5.97 Å². The number of nitrogens with one attached hydrogen (secondary N) is 1. The second kappa shape index (κ2) is 5.17. The summed E-state index contributed by atoms with van der Waals surface area (Å²) in [7, 11) is 0. The topological polar surface area (TPSA) is 69.6 Å². The molecule has 4 nitrogen and oxygen atoms in total. The SMILES string of the molecule is O=C(O)[C@H]1CS[C@@H](c2cc(Br)c(O)c(Br)c2)N1. The van der Waals surface area contributed by atoms with Crippen LogP contribution in [0, 0.1) is 0 Å². The molecule has 2 rings (SSSR count). The maximum absolute atomic E-state index is 10.8. The molecule has 0 aliphatic carbocycles. The summed E-state index contributed by atoms with van der Waals surface area (Å²) in [6, 6.07) is 3.06. The Morgan fingerprint density at radius 3 is 2.47 bits per heavy atom. The van der Waals surface area contributed by atoms with Gasteiger partial charge in [0.2, 0.25) is 0 Å². The maximum atomic E-state index is 10.8. The van der Waals surface area contributed by atoms with E-state index in [-0.39, 0.29) is 11.1 Å². The highest BCUT2D eigenvalue weighted by atomic mass is 79.9. The molecular formula is C10H9Br2NO3S. The third-order valence-electron chi connectivity index (χ3n) is 2.42. The molecule has 2 atom stereocenters. The minimum atomic E-state index is -0.836. The fraction of sp³-hybridized carbons (Fsp3) is 0.300. The van der Waals surface area contributed by atoms with Gasteiger partial charge in [-0.3, -0.25) is 10.1 Å². The molecular weight excluding hydrogens is 374 g/mol. The second-order valence-electron chi connectivity index (χ2n) is 3.60. The standard InChI is InChI=1S/C10H9Br2NO3S/c11-5-1-4(2-6(12)8(5)14)9-13-7(3-17-9)10(15)16/h1-2,7,9,13-14H,3H2,(H,15,16)/t7-,9+/m1/s1. The van der Waals surface area contributed by atoms with Crippen LogP contribution in [0.2, 0.25) is 0 Å². The number of halogens is 2. The molecule has 0 spiro atoms. The lowest BCUT2D eigenvalue weighted by Gasteiger charge is -2.13. The summed E-state index contributed by atoms with van der Waals surface area (Å²) in [4.78, 5) is 10.8. The number of carboxylic acid groups (broad SMARTS) is 1. The summed E-state index contributed by atoms with van der Waals surface area (Å²) < 4.78 is 1.17. The van der Waals surface area contributed by atoms with E-state index >= 15 is 0 Å². The number of phenols is 1. The number of phenolic OH excluding ortho intramolecular Hbond substituents is 1. The van der Waals surface area contributed by atoms with E-state index in [0.29, 0.717) is 14.7 Å². The van der Waals surface area contributed by atoms with E-state index in [1.165, 1.54) is 11.8 Å². The first kappa shape index (κ1) is 13.2. The Morgan fingerprint density at radius 2 is 2.00 bits per heavy atom. The van der Waals surface area contributed by atoms with Crippen molar-refractivity contribution in [2.75, 3.05) is 5.75 Å². The predicted molar refractivity (Wildman–Crippen MR) is 73.3 cm³/mol. The van der Waals surface area contributed by atoms with E-state index in [4.69, 9.17) is 5.11 Å². The zero-order chi connectivity index (χ0) is 12.6. The van der Waals surface area contributed by atoms with Crippen LogP contribution in [-0.2, 0) is 4.79 Å². The Labute approximate surface area is 119 Å². The van der Waals surface area contributed by atoms with Gasteiger partial charge in [-0.15, -0.1) is 11.8 Å². The van der Waals surface area contributed by atoms with Crippen LogP contribution in [0.15, 0.2) is 21.1 Å². The van der Waals surface area contributed by atoms with Crippen molar-refractivity contribution in [3.63, 3.8) is 0 Å². The molecule has 1 aliphatic rings. The fourth-order valence-corrected chi connectivity index (χ4v) is 3.98. The lowest BCUT2D eigenvalue weighted by molar-refractivity contribution is -0.138. The number of hydrogen-bond donors (Lipinski definition) is 3. The van der Waals surface area contributed by atoms with Gasteiger partial charge in [-0.1, -0.05) is 0 Å². The molecule has 0 saturated carbocycles. The monoisotopic (exact) mass is 381 g/mol. The van der Waals surface area contributed by atoms with E-state index < -0.39 is 12.0 Å². The summed E-state index contributed by atoms with van der Waals surface area (Å²) in [6.07, 6.45) is 0. The molecule has 3 N–H and O–H groups in total. The first-order valence-electron chi connectivity index (χ1n) is 4.77. The van der Waals surface area contributed by atoms with Crippen molar-refractivity contribution in [3.8, 4) is 5.75 Å². The molecule has 1 fully saturated rings. The molecule has 1 aromatic carbocycles. The van der Waals surface area contributed by atoms with Gasteiger partial charge in [0, 0.05) is 5.75 Å². The number of aliphatic carboxylic acids is 1. The van der Waals surface area contributed by atoms with E-state index in [1.54, 1.807) is 12.1 Å². The van der Waals surface area contributed by atoms with Crippen molar-refractivity contribution in [2.24, 2.45) is 0 Å². The molecule has 0 amide bonds. The molecule has 0 aromatic heterocycles. The first-order valence-corrected chi connectivity index (χ1v) is 7.41. The molecule has 7 heteroatoms. The Balaban J connectivity index is 2.22. The lowest BCUT2D eigenvalue weighted by atomic mass is 10.2. The summed E-state index contributed by atoms with van der Waals surface area (Å²) in [5.41, 5.74) is 0.926. The van der Waals surface area contributed by atoms with Crippen molar-refractivity contribution < 1.29 is 15.0 Å². The lowest BCUT2D eigenvalue weighted by Crippen LogP contribution is -2.33. The fourth-order valence-electron chi connectivity index (χ4n) is 1.54. The van der Waals surface area contributed by atoms with Gasteiger partial charge in [-0.25, -0.2) is 0 Å². The number of benzene rings is 1. The number of thioether (sulfide) groups is 1. The van der Waals surface area contributed by atoms with Crippen molar-refractivity contribution in [3.05, 3.63) is 26.6 Å². The van der Waals surface area contributed by atoms with Crippen molar-refractivity contribution >= 4 is 49.6 Å². The van der Waals surface area contributed by atoms with Gasteiger partial charge in [0.1, 0.15) is 11.8 Å². The average Bonchev–Trinajstić information content (AvgIpc) is 2.74. The third kappa shape index (κ3) is 2.78. The highest BCUT2D eigenvalue weighted by molar-refractivity contribution is 9.11. The molecule has 17 heavy (non-hydrogen) atoms. The summed E-state index contributed by atoms with van der Waals surface area (Å²) in [5.74, 6) is -0.153. The minimum Gasteiger partial charge on any atom is -0.506 e. The van der Waals surface area contributed by atoms with Crippen LogP contribution < -0.4 is 5.32 Å². The smallest absolute Gasteiger partial charge is 0.321 e. The van der Waals surface area contributed by atoms with Crippen LogP contribution >= 0.6 is 43.6 Å². The number of carboxylic acids is 1. The summed E-state index contributed by atoms with van der Waals surface area (Å²) >= 11 is 8.05. The van der Waals surface area contributed by atoms with Gasteiger partial charge in [-0.2, -0.15) is 0 Å². The van der Waals surface area contributed by atoms with Gasteiger partial charge in [0.25, 0.3) is 0 Å². The highest BCUT2D eigenvalue weighted by Crippen LogP contribution is 2.39. The zero-order valence-corrected chi connectivity index (χ0v) is 12.5. The van der Waals surface area contributed by atoms with Crippen LogP contribution in [0.4, 0.5) is 0 Å². The molecule has 0 unspecified atom stereocenters. The normalized spacial score (nSPS) is 23.9. The molecule has 0 radical (unpaired) electrons. The maximum Gasteiger partial charge on any atom is 0.321 e. The van der Waals surface area contributed by atoms with Gasteiger partial charge in [0.15, 0.2) is 0 Å². The Kier molecular flexibility index (Phi) is 4.02. The number of hydrogen-bond acceptors (Lipinski definition) is 4. The van der Waals surface area contributed by atoms with Gasteiger partial charge < -0.3 is 10.2 Å². The first-order chi connectivity index (χ1) is 7.99. The second-order valence-corrected chi connectivity index (χ2v) is 6.45. The highest BCUT2D eigenvalue weighted by Gasteiger charge is 2.30. The number of aromatic hydroxyl groups is 1. The van der Waals surface area contributed by atoms with Crippen LogP contribution in [0.1, 0.15) is 10.9 Å². The minimum absolute atomic E-state index is 0.0655. The summed E-state index contributed by atoms with van der Waals surface area (Å²) in [6.45, 7) is 0. The van der Waals surface area contributed by atoms with E-state index in [2.05, 4.69) is 37.2 Å². The van der Waals surface area contributed by atoms with E-state index in [9.17, 15) is 9.90 Å². The van der Waals surface area contributed by atoms with Crippen LogP contribution in [0.3, 0.4) is 0 Å².